The Morgan fingerprint density at radius 1 is 1.39 bits per heavy atom. The lowest BCUT2D eigenvalue weighted by molar-refractivity contribution is -0.151. The molecule has 2 rings (SSSR count). The highest BCUT2D eigenvalue weighted by molar-refractivity contribution is 6.29. The van der Waals surface area contributed by atoms with E-state index in [0.717, 1.165) is 5.56 Å². The summed E-state index contributed by atoms with van der Waals surface area (Å²) in [5, 5.41) is 0.230. The standard InChI is InChI=1S/C12H13ClF3NO/c1-7-2-3-8(6-12(14,15)16)18-11-9(7)4-5-10(13)17-11/h4-5,7-8H,2-3,6H2,1H3. The van der Waals surface area contributed by atoms with Crippen molar-refractivity contribution in [2.45, 2.75) is 44.4 Å². The van der Waals surface area contributed by atoms with E-state index in [1.807, 2.05) is 6.92 Å². The van der Waals surface area contributed by atoms with Crippen LogP contribution in [0.15, 0.2) is 12.1 Å². The molecule has 0 amide bonds. The molecule has 1 aliphatic rings. The number of hydrogen-bond acceptors (Lipinski definition) is 2. The zero-order valence-electron chi connectivity index (χ0n) is 9.80. The molecule has 6 heteroatoms. The number of fused-ring (bicyclic) bond motifs is 1. The molecule has 0 saturated heterocycles. The normalized spacial score (nSPS) is 24.1. The van der Waals surface area contributed by atoms with Gasteiger partial charge in [0.05, 0.1) is 6.42 Å². The van der Waals surface area contributed by atoms with Gasteiger partial charge < -0.3 is 4.74 Å². The summed E-state index contributed by atoms with van der Waals surface area (Å²) in [4.78, 5) is 3.98. The molecular weight excluding hydrogens is 267 g/mol. The van der Waals surface area contributed by atoms with Crippen LogP contribution >= 0.6 is 11.6 Å². The lowest BCUT2D eigenvalue weighted by Gasteiger charge is -2.18. The average Bonchev–Trinajstić information content (AvgIpc) is 2.36. The molecular formula is C12H13ClF3NO. The lowest BCUT2D eigenvalue weighted by atomic mass is 9.96. The van der Waals surface area contributed by atoms with Crippen LogP contribution in [0, 0.1) is 0 Å². The molecule has 0 aliphatic carbocycles. The Bertz CT molecular complexity index is 436. The Morgan fingerprint density at radius 2 is 2.11 bits per heavy atom. The second-order valence-electron chi connectivity index (χ2n) is 4.57. The summed E-state index contributed by atoms with van der Waals surface area (Å²) < 4.78 is 42.6. The number of aromatic nitrogens is 1. The van der Waals surface area contributed by atoms with Crippen LogP contribution in [0.25, 0.3) is 0 Å². The Kier molecular flexibility index (Phi) is 3.71. The van der Waals surface area contributed by atoms with E-state index in [-0.39, 0.29) is 17.0 Å². The molecule has 0 N–H and O–H groups in total. The van der Waals surface area contributed by atoms with E-state index in [1.165, 1.54) is 0 Å². The highest BCUT2D eigenvalue weighted by Gasteiger charge is 2.35. The van der Waals surface area contributed by atoms with Crippen molar-refractivity contribution < 1.29 is 17.9 Å². The molecule has 1 aliphatic heterocycles. The van der Waals surface area contributed by atoms with Gasteiger partial charge in [0.15, 0.2) is 0 Å². The Morgan fingerprint density at radius 3 is 2.78 bits per heavy atom. The van der Waals surface area contributed by atoms with Crippen molar-refractivity contribution >= 4 is 11.6 Å². The molecule has 0 aromatic carbocycles. The second kappa shape index (κ2) is 4.96. The molecule has 2 unspecified atom stereocenters. The fraction of sp³-hybridized carbons (Fsp3) is 0.583. The highest BCUT2D eigenvalue weighted by atomic mass is 35.5. The van der Waals surface area contributed by atoms with Crippen molar-refractivity contribution in [2.75, 3.05) is 0 Å². The molecule has 1 aromatic rings. The van der Waals surface area contributed by atoms with Gasteiger partial charge in [-0.05, 0) is 24.8 Å². The fourth-order valence-electron chi connectivity index (χ4n) is 2.11. The minimum Gasteiger partial charge on any atom is -0.474 e. The van der Waals surface area contributed by atoms with Crippen molar-refractivity contribution in [1.82, 2.24) is 4.98 Å². The molecule has 18 heavy (non-hydrogen) atoms. The molecule has 1 aromatic heterocycles. The van der Waals surface area contributed by atoms with Gasteiger partial charge in [-0.2, -0.15) is 13.2 Å². The zero-order valence-corrected chi connectivity index (χ0v) is 10.6. The van der Waals surface area contributed by atoms with Crippen molar-refractivity contribution in [3.63, 3.8) is 0 Å². The summed E-state index contributed by atoms with van der Waals surface area (Å²) >= 11 is 5.75. The first-order valence-corrected chi connectivity index (χ1v) is 6.13. The van der Waals surface area contributed by atoms with Crippen LogP contribution in [0.4, 0.5) is 13.2 Å². The van der Waals surface area contributed by atoms with E-state index in [4.69, 9.17) is 16.3 Å². The van der Waals surface area contributed by atoms with Gasteiger partial charge >= 0.3 is 6.18 Å². The topological polar surface area (TPSA) is 22.1 Å². The van der Waals surface area contributed by atoms with Gasteiger partial charge in [0.25, 0.3) is 0 Å². The first-order chi connectivity index (χ1) is 8.35. The number of nitrogens with zero attached hydrogens (tertiary/aromatic N) is 1. The first-order valence-electron chi connectivity index (χ1n) is 5.75. The molecule has 2 nitrogen and oxygen atoms in total. The van der Waals surface area contributed by atoms with E-state index in [2.05, 4.69) is 4.98 Å². The van der Waals surface area contributed by atoms with Gasteiger partial charge in [0, 0.05) is 5.56 Å². The van der Waals surface area contributed by atoms with Crippen molar-refractivity contribution in [2.24, 2.45) is 0 Å². The number of halogens is 4. The molecule has 2 heterocycles. The maximum atomic E-state index is 12.4. The van der Waals surface area contributed by atoms with Crippen LogP contribution in [0.5, 0.6) is 5.88 Å². The van der Waals surface area contributed by atoms with Gasteiger partial charge in [0.2, 0.25) is 5.88 Å². The van der Waals surface area contributed by atoms with Crippen LogP contribution in [-0.4, -0.2) is 17.3 Å². The zero-order chi connectivity index (χ0) is 13.3. The smallest absolute Gasteiger partial charge is 0.392 e. The summed E-state index contributed by atoms with van der Waals surface area (Å²) in [6, 6.07) is 3.40. The minimum atomic E-state index is -4.23. The fourth-order valence-corrected chi connectivity index (χ4v) is 2.25. The maximum Gasteiger partial charge on any atom is 0.392 e. The molecule has 0 radical (unpaired) electrons. The Hall–Kier alpha value is -0.970. The molecule has 0 spiro atoms. The summed E-state index contributed by atoms with van der Waals surface area (Å²) in [7, 11) is 0. The highest BCUT2D eigenvalue weighted by Crippen LogP contribution is 2.36. The van der Waals surface area contributed by atoms with Crippen molar-refractivity contribution in [1.29, 1.82) is 0 Å². The summed E-state index contributed by atoms with van der Waals surface area (Å²) in [5.74, 6) is 0.366. The third-order valence-electron chi connectivity index (χ3n) is 3.05. The predicted octanol–water partition coefficient (Wildman–Crippen LogP) is 4.33. The first kappa shape index (κ1) is 13.5. The maximum absolute atomic E-state index is 12.4. The molecule has 2 atom stereocenters. The van der Waals surface area contributed by atoms with Crippen LogP contribution in [0.2, 0.25) is 5.15 Å². The van der Waals surface area contributed by atoms with E-state index < -0.39 is 18.7 Å². The minimum absolute atomic E-state index is 0.128. The third-order valence-corrected chi connectivity index (χ3v) is 3.26. The van der Waals surface area contributed by atoms with Crippen molar-refractivity contribution in [3.05, 3.63) is 22.8 Å². The number of pyridine rings is 1. The predicted molar refractivity (Wildman–Crippen MR) is 62.0 cm³/mol. The average molecular weight is 280 g/mol. The van der Waals surface area contributed by atoms with Gasteiger partial charge in [-0.25, -0.2) is 4.98 Å². The number of hydrogen-bond donors (Lipinski definition) is 0. The SMILES string of the molecule is CC1CCC(CC(F)(F)F)Oc2nc(Cl)ccc21. The Labute approximate surface area is 108 Å². The molecule has 100 valence electrons. The Balaban J connectivity index is 2.23. The monoisotopic (exact) mass is 279 g/mol. The largest absolute Gasteiger partial charge is 0.474 e. The van der Waals surface area contributed by atoms with Crippen molar-refractivity contribution in [3.8, 4) is 5.88 Å². The lowest BCUT2D eigenvalue weighted by Crippen LogP contribution is -2.24. The van der Waals surface area contributed by atoms with Crippen LogP contribution in [0.1, 0.15) is 37.7 Å². The summed E-state index contributed by atoms with van der Waals surface area (Å²) in [6.45, 7) is 1.95. The van der Waals surface area contributed by atoms with Crippen LogP contribution < -0.4 is 4.74 Å². The summed E-state index contributed by atoms with van der Waals surface area (Å²) in [5.41, 5.74) is 0.823. The molecule has 0 saturated carbocycles. The number of rotatable bonds is 1. The van der Waals surface area contributed by atoms with E-state index in [9.17, 15) is 13.2 Å². The van der Waals surface area contributed by atoms with Gasteiger partial charge in [-0.3, -0.25) is 0 Å². The molecule has 0 fully saturated rings. The quantitative estimate of drug-likeness (QED) is 0.714. The van der Waals surface area contributed by atoms with Crippen LogP contribution in [-0.2, 0) is 0 Å². The van der Waals surface area contributed by atoms with Gasteiger partial charge in [-0.1, -0.05) is 24.6 Å². The number of alkyl halides is 3. The third kappa shape index (κ3) is 3.28. The van der Waals surface area contributed by atoms with E-state index >= 15 is 0 Å². The molecule has 0 bridgehead atoms. The van der Waals surface area contributed by atoms with E-state index in [0.29, 0.717) is 12.8 Å². The van der Waals surface area contributed by atoms with Gasteiger partial charge in [-0.15, -0.1) is 0 Å². The second-order valence-corrected chi connectivity index (χ2v) is 4.95. The number of ether oxygens (including phenoxy) is 1. The van der Waals surface area contributed by atoms with Crippen LogP contribution in [0.3, 0.4) is 0 Å². The van der Waals surface area contributed by atoms with Gasteiger partial charge in [0.1, 0.15) is 11.3 Å². The van der Waals surface area contributed by atoms with E-state index in [1.54, 1.807) is 12.1 Å². The summed E-state index contributed by atoms with van der Waals surface area (Å²) in [6.07, 6.45) is -5.03.